The fourth-order valence-corrected chi connectivity index (χ4v) is 2.46. The van der Waals surface area contributed by atoms with Crippen molar-refractivity contribution in [2.75, 3.05) is 6.61 Å². The summed E-state index contributed by atoms with van der Waals surface area (Å²) in [6, 6.07) is 12.6. The van der Waals surface area contributed by atoms with Crippen LogP contribution < -0.4 is 0 Å². The Kier molecular flexibility index (Phi) is 6.22. The predicted octanol–water partition coefficient (Wildman–Crippen LogP) is 4.22. The molecular formula is C15H12F4O5S. The molecule has 0 aliphatic rings. The van der Waals surface area contributed by atoms with E-state index in [1.807, 2.05) is 24.3 Å². The zero-order valence-corrected chi connectivity index (χ0v) is 13.3. The highest BCUT2D eigenvalue weighted by Crippen LogP contribution is 2.44. The van der Waals surface area contributed by atoms with Crippen molar-refractivity contribution in [1.29, 1.82) is 0 Å². The number of hydrogen-bond donors (Lipinski definition) is 1. The number of carbonyl (C=O) groups excluding carboxylic acids is 1. The molecule has 0 aromatic heterocycles. The van der Waals surface area contributed by atoms with Gasteiger partial charge in [0.25, 0.3) is 0 Å². The van der Waals surface area contributed by atoms with Crippen molar-refractivity contribution in [1.82, 2.24) is 0 Å². The lowest BCUT2D eigenvalue weighted by atomic mass is 10.0. The van der Waals surface area contributed by atoms with Crippen molar-refractivity contribution in [2.45, 2.75) is 17.6 Å². The van der Waals surface area contributed by atoms with Crippen LogP contribution in [0.25, 0.3) is 10.8 Å². The number of alkyl halides is 4. The number of rotatable bonds is 7. The quantitative estimate of drug-likeness (QED) is 0.255. The van der Waals surface area contributed by atoms with E-state index >= 15 is 0 Å². The third kappa shape index (κ3) is 4.40. The Bertz CT molecular complexity index is 734. The highest BCUT2D eigenvalue weighted by molar-refractivity contribution is 7.96. The first-order valence-corrected chi connectivity index (χ1v) is 7.59. The zero-order chi connectivity index (χ0) is 18.5. The molecule has 0 aliphatic heterocycles. The summed E-state index contributed by atoms with van der Waals surface area (Å²) in [5.74, 6) is -2.21. The molecule has 5 nitrogen and oxygen atoms in total. The topological polar surface area (TPSA) is 65.0 Å². The molecule has 0 saturated heterocycles. The van der Waals surface area contributed by atoms with Gasteiger partial charge in [0.15, 0.2) is 0 Å². The fourth-order valence-electron chi connectivity index (χ4n) is 2.12. The minimum atomic E-state index is -5.63. The monoisotopic (exact) mass is 380 g/mol. The second kappa shape index (κ2) is 8.00. The smallest absolute Gasteiger partial charge is 0.446 e. The first-order chi connectivity index (χ1) is 11.8. The molecule has 2 aromatic rings. The Labute approximate surface area is 143 Å². The van der Waals surface area contributed by atoms with E-state index in [4.69, 9.17) is 5.26 Å². The summed E-state index contributed by atoms with van der Waals surface area (Å²) in [5.41, 5.74) is 0.727. The van der Waals surface area contributed by atoms with Crippen molar-refractivity contribution < 1.29 is 41.7 Å². The summed E-state index contributed by atoms with van der Waals surface area (Å²) >= 11 is -1.05. The third-order valence-corrected chi connectivity index (χ3v) is 4.05. The molecule has 10 heteroatoms. The Balaban J connectivity index is 2.05. The van der Waals surface area contributed by atoms with Crippen molar-refractivity contribution >= 4 is 28.8 Å². The first kappa shape index (κ1) is 19.4. The maximum Gasteiger partial charge on any atom is 0.446 e. The van der Waals surface area contributed by atoms with Gasteiger partial charge in [0.05, 0.1) is 18.6 Å². The second-order valence-corrected chi connectivity index (χ2v) is 5.71. The molecule has 1 N–H and O–H groups in total. The van der Waals surface area contributed by atoms with Crippen LogP contribution in [0.15, 0.2) is 42.5 Å². The van der Waals surface area contributed by atoms with Gasteiger partial charge in [0, 0.05) is 6.42 Å². The van der Waals surface area contributed by atoms with Crippen LogP contribution in [0, 0.1) is 0 Å². The molecule has 0 aliphatic carbocycles. The normalized spacial score (nSPS) is 14.3. The van der Waals surface area contributed by atoms with Crippen molar-refractivity contribution in [3.63, 3.8) is 0 Å². The van der Waals surface area contributed by atoms with Crippen LogP contribution in [0.4, 0.5) is 17.6 Å². The van der Waals surface area contributed by atoms with Gasteiger partial charge in [0.1, 0.15) is 0 Å². The number of fused-ring (bicyclic) bond motifs is 1. The molecule has 0 spiro atoms. The SMILES string of the molecule is O=C(OCCc1cccc2ccccc12)C(F)(SOOO)C(F)(F)F. The second-order valence-electron chi connectivity index (χ2n) is 4.84. The highest BCUT2D eigenvalue weighted by Gasteiger charge is 2.66. The summed E-state index contributed by atoms with van der Waals surface area (Å²) in [7, 11) is 0. The summed E-state index contributed by atoms with van der Waals surface area (Å²) in [4.78, 5) is 11.5. The van der Waals surface area contributed by atoms with Crippen molar-refractivity contribution in [3.8, 4) is 0 Å². The molecule has 25 heavy (non-hydrogen) atoms. The maximum atomic E-state index is 13.9. The van der Waals surface area contributed by atoms with Gasteiger partial charge < -0.3 is 4.74 Å². The van der Waals surface area contributed by atoms with E-state index in [2.05, 4.69) is 14.1 Å². The minimum Gasteiger partial charge on any atom is -0.462 e. The maximum absolute atomic E-state index is 13.9. The standard InChI is InChI=1S/C15H12F4O5S/c16-14(15(17,18)19,25-24-23-21)13(20)22-9-8-11-6-3-5-10-4-1-2-7-12(10)11/h1-7,21H,8-9H2. The molecule has 0 heterocycles. The van der Waals surface area contributed by atoms with Crippen LogP contribution >= 0.6 is 12.0 Å². The molecule has 136 valence electrons. The van der Waals surface area contributed by atoms with E-state index in [1.165, 1.54) is 0 Å². The van der Waals surface area contributed by atoms with E-state index in [-0.39, 0.29) is 6.42 Å². The number of esters is 1. The minimum absolute atomic E-state index is 0.0864. The van der Waals surface area contributed by atoms with Gasteiger partial charge in [-0.3, -0.25) is 0 Å². The number of ether oxygens (including phenoxy) is 1. The number of benzene rings is 2. The van der Waals surface area contributed by atoms with E-state index in [9.17, 15) is 22.4 Å². The van der Waals surface area contributed by atoms with Crippen LogP contribution in [-0.4, -0.2) is 29.0 Å². The van der Waals surface area contributed by atoms with Crippen LogP contribution in [0.1, 0.15) is 5.56 Å². The average molecular weight is 380 g/mol. The van der Waals surface area contributed by atoms with Crippen LogP contribution in [0.2, 0.25) is 0 Å². The summed E-state index contributed by atoms with van der Waals surface area (Å²) in [6.45, 7) is -0.477. The molecule has 2 aromatic carbocycles. The Morgan fingerprint density at radius 1 is 1.08 bits per heavy atom. The summed E-state index contributed by atoms with van der Waals surface area (Å²) in [6.07, 6.45) is -5.55. The average Bonchev–Trinajstić information content (AvgIpc) is 2.58. The molecule has 2 rings (SSSR count). The molecular weight excluding hydrogens is 368 g/mol. The van der Waals surface area contributed by atoms with Gasteiger partial charge in [-0.25, -0.2) is 14.4 Å². The molecule has 0 bridgehead atoms. The van der Waals surface area contributed by atoms with Crippen molar-refractivity contribution in [2.24, 2.45) is 0 Å². The van der Waals surface area contributed by atoms with Gasteiger partial charge in [-0.05, 0) is 16.3 Å². The van der Waals surface area contributed by atoms with E-state index in [1.54, 1.807) is 18.2 Å². The predicted molar refractivity (Wildman–Crippen MR) is 80.9 cm³/mol. The van der Waals surface area contributed by atoms with Gasteiger partial charge in [-0.15, -0.1) is 4.33 Å². The Morgan fingerprint density at radius 2 is 1.76 bits per heavy atom. The Morgan fingerprint density at radius 3 is 2.44 bits per heavy atom. The molecule has 0 radical (unpaired) electrons. The molecule has 0 fully saturated rings. The highest BCUT2D eigenvalue weighted by atomic mass is 32.2. The molecule has 0 amide bonds. The van der Waals surface area contributed by atoms with E-state index < -0.39 is 35.8 Å². The first-order valence-electron chi connectivity index (χ1n) is 6.85. The number of hydrogen-bond acceptors (Lipinski definition) is 6. The molecule has 1 atom stereocenters. The lowest BCUT2D eigenvalue weighted by Gasteiger charge is -2.23. The van der Waals surface area contributed by atoms with Crippen LogP contribution in [-0.2, 0) is 25.3 Å². The van der Waals surface area contributed by atoms with Crippen molar-refractivity contribution in [3.05, 3.63) is 48.0 Å². The lowest BCUT2D eigenvalue weighted by molar-refractivity contribution is -0.433. The van der Waals surface area contributed by atoms with Gasteiger partial charge >= 0.3 is 17.1 Å². The van der Waals surface area contributed by atoms with Gasteiger partial charge in [-0.1, -0.05) is 47.5 Å². The largest absolute Gasteiger partial charge is 0.462 e. The summed E-state index contributed by atoms with van der Waals surface area (Å²) < 4.78 is 59.9. The number of carbonyl (C=O) groups is 1. The van der Waals surface area contributed by atoms with Gasteiger partial charge in [-0.2, -0.15) is 13.2 Å². The van der Waals surface area contributed by atoms with E-state index in [0.29, 0.717) is 0 Å². The van der Waals surface area contributed by atoms with E-state index in [0.717, 1.165) is 16.3 Å². The Hall–Kier alpha value is -1.88. The third-order valence-electron chi connectivity index (χ3n) is 3.29. The molecule has 1 unspecified atom stereocenters. The van der Waals surface area contributed by atoms with Gasteiger partial charge in [0.2, 0.25) is 0 Å². The fraction of sp³-hybridized carbons (Fsp3) is 0.267. The molecule has 0 saturated carbocycles. The zero-order valence-electron chi connectivity index (χ0n) is 12.5. The van der Waals surface area contributed by atoms with Crippen LogP contribution in [0.3, 0.4) is 0 Å². The van der Waals surface area contributed by atoms with Crippen LogP contribution in [0.5, 0.6) is 0 Å². The summed E-state index contributed by atoms with van der Waals surface area (Å²) in [5, 5.41) is 8.01. The lowest BCUT2D eigenvalue weighted by Crippen LogP contribution is -2.46. The number of halogens is 4.